The van der Waals surface area contributed by atoms with Crippen LogP contribution in [0.4, 0.5) is 17.1 Å². The van der Waals surface area contributed by atoms with Crippen molar-refractivity contribution >= 4 is 28.9 Å². The Kier molecular flexibility index (Phi) is 5.95. The van der Waals surface area contributed by atoms with E-state index in [0.29, 0.717) is 11.4 Å². The second-order valence-electron chi connectivity index (χ2n) is 5.44. The van der Waals surface area contributed by atoms with Crippen LogP contribution < -0.4 is 15.5 Å². The minimum Gasteiger partial charge on any atom is -0.372 e. The molecule has 2 aromatic carbocycles. The van der Waals surface area contributed by atoms with Crippen LogP contribution in [0, 0.1) is 6.92 Å². The third kappa shape index (κ3) is 4.35. The van der Waals surface area contributed by atoms with Gasteiger partial charge in [0.2, 0.25) is 0 Å². The van der Waals surface area contributed by atoms with Gasteiger partial charge >= 0.3 is 11.8 Å². The number of hydrogen-bond donors (Lipinski definition) is 2. The molecule has 0 aliphatic rings. The minimum atomic E-state index is -0.686. The fraction of sp³-hybridized carbons (Fsp3) is 0.263. The van der Waals surface area contributed by atoms with Crippen LogP contribution in [0.25, 0.3) is 0 Å². The molecule has 0 aliphatic heterocycles. The molecule has 5 nitrogen and oxygen atoms in total. The van der Waals surface area contributed by atoms with Crippen LogP contribution in [0.2, 0.25) is 0 Å². The minimum absolute atomic E-state index is 0.593. The number of rotatable bonds is 5. The summed E-state index contributed by atoms with van der Waals surface area (Å²) in [6.07, 6.45) is 0. The average Bonchev–Trinajstić information content (AvgIpc) is 2.59. The summed E-state index contributed by atoms with van der Waals surface area (Å²) in [6.45, 7) is 7.89. The molecule has 2 rings (SSSR count). The Bertz CT molecular complexity index is 707. The molecule has 0 aromatic heterocycles. The average molecular weight is 325 g/mol. The Morgan fingerprint density at radius 1 is 0.875 bits per heavy atom. The zero-order chi connectivity index (χ0) is 17.5. The number of carbonyl (C=O) groups excluding carboxylic acids is 2. The van der Waals surface area contributed by atoms with Crippen LogP contribution in [0.1, 0.15) is 19.4 Å². The maximum atomic E-state index is 12.0. The quantitative estimate of drug-likeness (QED) is 0.828. The third-order valence-corrected chi connectivity index (χ3v) is 3.85. The van der Waals surface area contributed by atoms with Crippen molar-refractivity contribution in [1.29, 1.82) is 0 Å². The summed E-state index contributed by atoms with van der Waals surface area (Å²) >= 11 is 0. The van der Waals surface area contributed by atoms with Crippen LogP contribution in [-0.4, -0.2) is 24.9 Å². The van der Waals surface area contributed by atoms with Crippen molar-refractivity contribution < 1.29 is 9.59 Å². The first-order valence-corrected chi connectivity index (χ1v) is 8.08. The van der Waals surface area contributed by atoms with Gasteiger partial charge in [0.15, 0.2) is 0 Å². The van der Waals surface area contributed by atoms with Crippen molar-refractivity contribution in [2.24, 2.45) is 0 Å². The highest BCUT2D eigenvalue weighted by atomic mass is 16.2. The van der Waals surface area contributed by atoms with Crippen molar-refractivity contribution in [2.75, 3.05) is 28.6 Å². The number of aryl methyl sites for hydroxylation is 1. The molecule has 0 spiro atoms. The topological polar surface area (TPSA) is 61.4 Å². The van der Waals surface area contributed by atoms with Crippen molar-refractivity contribution in [3.8, 4) is 0 Å². The number of carbonyl (C=O) groups is 2. The highest BCUT2D eigenvalue weighted by Gasteiger charge is 2.15. The number of anilines is 3. The molecule has 2 aromatic rings. The molecule has 0 aliphatic carbocycles. The second kappa shape index (κ2) is 8.15. The zero-order valence-corrected chi connectivity index (χ0v) is 14.3. The van der Waals surface area contributed by atoms with E-state index < -0.39 is 11.8 Å². The fourth-order valence-corrected chi connectivity index (χ4v) is 2.42. The maximum absolute atomic E-state index is 12.0. The van der Waals surface area contributed by atoms with E-state index >= 15 is 0 Å². The zero-order valence-electron chi connectivity index (χ0n) is 14.3. The summed E-state index contributed by atoms with van der Waals surface area (Å²) in [5, 5.41) is 5.23. The first kappa shape index (κ1) is 17.5. The number of hydrogen-bond acceptors (Lipinski definition) is 3. The van der Waals surface area contributed by atoms with Gasteiger partial charge in [-0.15, -0.1) is 0 Å². The van der Waals surface area contributed by atoms with Crippen LogP contribution >= 0.6 is 0 Å². The largest absolute Gasteiger partial charge is 0.372 e. The molecule has 0 saturated heterocycles. The van der Waals surface area contributed by atoms with E-state index in [-0.39, 0.29) is 0 Å². The van der Waals surface area contributed by atoms with E-state index in [1.807, 2.05) is 37.3 Å². The summed E-state index contributed by atoms with van der Waals surface area (Å²) in [5.41, 5.74) is 3.22. The smallest absolute Gasteiger partial charge is 0.314 e. The Balaban J connectivity index is 1.99. The summed E-state index contributed by atoms with van der Waals surface area (Å²) in [4.78, 5) is 26.2. The van der Waals surface area contributed by atoms with Gasteiger partial charge in [-0.3, -0.25) is 9.59 Å². The fourth-order valence-electron chi connectivity index (χ4n) is 2.42. The lowest BCUT2D eigenvalue weighted by molar-refractivity contribution is -0.133. The lowest BCUT2D eigenvalue weighted by Gasteiger charge is -2.21. The number of para-hydroxylation sites is 1. The van der Waals surface area contributed by atoms with Gasteiger partial charge in [-0.05, 0) is 56.7 Å². The monoisotopic (exact) mass is 325 g/mol. The van der Waals surface area contributed by atoms with Gasteiger partial charge in [-0.1, -0.05) is 18.2 Å². The van der Waals surface area contributed by atoms with Gasteiger partial charge in [0.25, 0.3) is 0 Å². The van der Waals surface area contributed by atoms with Gasteiger partial charge in [0.05, 0.1) is 0 Å². The van der Waals surface area contributed by atoms with Gasteiger partial charge in [-0.2, -0.15) is 0 Å². The Labute approximate surface area is 142 Å². The van der Waals surface area contributed by atoms with Crippen molar-refractivity contribution in [1.82, 2.24) is 0 Å². The van der Waals surface area contributed by atoms with E-state index in [1.54, 1.807) is 18.2 Å². The molecule has 5 heteroatoms. The highest BCUT2D eigenvalue weighted by Crippen LogP contribution is 2.18. The number of nitrogens with zero attached hydrogens (tertiary/aromatic N) is 1. The van der Waals surface area contributed by atoms with Crippen LogP contribution in [0.3, 0.4) is 0 Å². The summed E-state index contributed by atoms with van der Waals surface area (Å²) in [5.74, 6) is -1.37. The molecule has 0 saturated carbocycles. The predicted octanol–water partition coefficient (Wildman–Crippen LogP) is 3.42. The Morgan fingerprint density at radius 3 is 2.04 bits per heavy atom. The molecule has 0 fully saturated rings. The van der Waals surface area contributed by atoms with Crippen molar-refractivity contribution in [3.05, 3.63) is 54.1 Å². The first-order chi connectivity index (χ1) is 11.5. The molecule has 0 heterocycles. The number of benzene rings is 2. The summed E-state index contributed by atoms with van der Waals surface area (Å²) in [7, 11) is 0. The van der Waals surface area contributed by atoms with Crippen molar-refractivity contribution in [3.63, 3.8) is 0 Å². The van der Waals surface area contributed by atoms with Gasteiger partial charge in [0, 0.05) is 30.2 Å². The molecule has 0 bridgehead atoms. The van der Waals surface area contributed by atoms with E-state index in [1.165, 1.54) is 0 Å². The highest BCUT2D eigenvalue weighted by molar-refractivity contribution is 6.43. The summed E-state index contributed by atoms with van der Waals surface area (Å²) in [6, 6.07) is 14.8. The molecule has 126 valence electrons. The lowest BCUT2D eigenvalue weighted by Crippen LogP contribution is -2.29. The third-order valence-electron chi connectivity index (χ3n) is 3.85. The van der Waals surface area contributed by atoms with Crippen molar-refractivity contribution in [2.45, 2.75) is 20.8 Å². The maximum Gasteiger partial charge on any atom is 0.314 e. The van der Waals surface area contributed by atoms with E-state index in [2.05, 4.69) is 29.4 Å². The molecular weight excluding hydrogens is 302 g/mol. The van der Waals surface area contributed by atoms with Gasteiger partial charge in [-0.25, -0.2) is 0 Å². The van der Waals surface area contributed by atoms with E-state index in [0.717, 1.165) is 24.3 Å². The second-order valence-corrected chi connectivity index (χ2v) is 5.44. The molecule has 24 heavy (non-hydrogen) atoms. The van der Waals surface area contributed by atoms with Gasteiger partial charge in [0.1, 0.15) is 0 Å². The molecule has 2 amide bonds. The molecule has 2 N–H and O–H groups in total. The Morgan fingerprint density at radius 2 is 1.46 bits per heavy atom. The van der Waals surface area contributed by atoms with Crippen LogP contribution in [0.15, 0.2) is 48.5 Å². The summed E-state index contributed by atoms with van der Waals surface area (Å²) < 4.78 is 0. The predicted molar refractivity (Wildman–Crippen MR) is 98.4 cm³/mol. The molecule has 0 radical (unpaired) electrons. The lowest BCUT2D eigenvalue weighted by atomic mass is 10.2. The van der Waals surface area contributed by atoms with Gasteiger partial charge < -0.3 is 15.5 Å². The molecular formula is C19H23N3O2. The molecule has 0 atom stereocenters. The van der Waals surface area contributed by atoms with Crippen LogP contribution in [0.5, 0.6) is 0 Å². The molecule has 0 unspecified atom stereocenters. The van der Waals surface area contributed by atoms with E-state index in [4.69, 9.17) is 0 Å². The standard InChI is InChI=1S/C19H23N3O2/c1-4-22(5-2)16-12-10-15(11-13-16)20-18(23)19(24)21-17-9-7-6-8-14(17)3/h6-13H,4-5H2,1-3H3,(H,20,23)(H,21,24). The number of amides is 2. The first-order valence-electron chi connectivity index (χ1n) is 8.08. The van der Waals surface area contributed by atoms with E-state index in [9.17, 15) is 9.59 Å². The normalized spacial score (nSPS) is 10.1. The SMILES string of the molecule is CCN(CC)c1ccc(NC(=O)C(=O)Nc2ccccc2C)cc1. The number of nitrogens with one attached hydrogen (secondary N) is 2. The Hall–Kier alpha value is -2.82. The van der Waals surface area contributed by atoms with Crippen LogP contribution in [-0.2, 0) is 9.59 Å².